The van der Waals surface area contributed by atoms with E-state index in [0.29, 0.717) is 18.6 Å². The Kier molecular flexibility index (Phi) is 5.71. The topological polar surface area (TPSA) is 81.4 Å². The summed E-state index contributed by atoms with van der Waals surface area (Å²) in [6, 6.07) is 2.26. The molecule has 0 aliphatic heterocycles. The molecule has 1 aromatic rings. The minimum atomic E-state index is -3.86. The fourth-order valence-corrected chi connectivity index (χ4v) is 2.70. The Balaban J connectivity index is 2.75. The van der Waals surface area contributed by atoms with Gasteiger partial charge < -0.3 is 10.5 Å². The first-order chi connectivity index (χ1) is 8.88. The van der Waals surface area contributed by atoms with Gasteiger partial charge in [0.05, 0.1) is 0 Å². The summed E-state index contributed by atoms with van der Waals surface area (Å²) in [5.41, 5.74) is 6.37. The van der Waals surface area contributed by atoms with Crippen LogP contribution < -0.4 is 10.5 Å². The molecule has 0 heterocycles. The van der Waals surface area contributed by atoms with Gasteiger partial charge in [-0.25, -0.2) is 17.5 Å². The van der Waals surface area contributed by atoms with Gasteiger partial charge in [-0.3, -0.25) is 0 Å². The minimum absolute atomic E-state index is 0.235. The fourth-order valence-electron chi connectivity index (χ4n) is 1.53. The molecule has 0 saturated heterocycles. The Bertz CT molecular complexity index is 532. The second-order valence-corrected chi connectivity index (χ2v) is 5.97. The van der Waals surface area contributed by atoms with Crippen molar-refractivity contribution in [2.24, 2.45) is 0 Å². The number of nitrogens with two attached hydrogens (primary N) is 1. The molecule has 0 unspecified atom stereocenters. The number of benzene rings is 1. The van der Waals surface area contributed by atoms with Crippen molar-refractivity contribution in [3.8, 4) is 0 Å². The number of ether oxygens (including phenoxy) is 1. The van der Waals surface area contributed by atoms with E-state index in [4.69, 9.17) is 10.5 Å². The van der Waals surface area contributed by atoms with Gasteiger partial charge in [-0.1, -0.05) is 0 Å². The molecule has 1 rings (SSSR count). The van der Waals surface area contributed by atoms with E-state index in [1.165, 1.54) is 0 Å². The zero-order valence-corrected chi connectivity index (χ0v) is 11.9. The van der Waals surface area contributed by atoms with Gasteiger partial charge in [0.25, 0.3) is 0 Å². The first kappa shape index (κ1) is 15.9. The third-order valence-corrected chi connectivity index (χ3v) is 4.15. The Labute approximate surface area is 113 Å². The number of nitrogens with one attached hydrogen (secondary N) is 1. The lowest BCUT2D eigenvalue weighted by molar-refractivity contribution is 0.193. The first-order valence-corrected chi connectivity index (χ1v) is 7.41. The molecule has 5 nitrogen and oxygen atoms in total. The van der Waals surface area contributed by atoms with Gasteiger partial charge in [-0.05, 0) is 37.5 Å². The van der Waals surface area contributed by atoms with Gasteiger partial charge in [0.15, 0.2) is 0 Å². The van der Waals surface area contributed by atoms with E-state index >= 15 is 0 Å². The third-order valence-electron chi connectivity index (χ3n) is 2.68. The van der Waals surface area contributed by atoms with Crippen molar-refractivity contribution in [1.82, 2.24) is 4.72 Å². The Morgan fingerprint density at radius 3 is 2.68 bits per heavy atom. The average molecular weight is 290 g/mol. The summed E-state index contributed by atoms with van der Waals surface area (Å²) < 4.78 is 44.7. The molecule has 0 fully saturated rings. The first-order valence-electron chi connectivity index (χ1n) is 5.92. The molecule has 0 aliphatic rings. The molecule has 0 atom stereocenters. The Morgan fingerprint density at radius 1 is 1.37 bits per heavy atom. The number of hydrogen-bond acceptors (Lipinski definition) is 4. The minimum Gasteiger partial charge on any atom is -0.398 e. The molecule has 1 aromatic carbocycles. The van der Waals surface area contributed by atoms with Crippen LogP contribution in [-0.2, 0) is 14.8 Å². The zero-order chi connectivity index (χ0) is 14.5. The molecule has 0 saturated carbocycles. The number of rotatable bonds is 7. The summed E-state index contributed by atoms with van der Waals surface area (Å²) in [5, 5.41) is 0. The van der Waals surface area contributed by atoms with E-state index in [-0.39, 0.29) is 12.2 Å². The highest BCUT2D eigenvalue weighted by molar-refractivity contribution is 7.89. The second kappa shape index (κ2) is 6.83. The number of aryl methyl sites for hydroxylation is 1. The van der Waals surface area contributed by atoms with Gasteiger partial charge >= 0.3 is 0 Å². The van der Waals surface area contributed by atoms with Crippen molar-refractivity contribution in [1.29, 1.82) is 0 Å². The van der Waals surface area contributed by atoms with E-state index in [1.54, 1.807) is 14.0 Å². The van der Waals surface area contributed by atoms with E-state index < -0.39 is 20.7 Å². The molecule has 19 heavy (non-hydrogen) atoms. The van der Waals surface area contributed by atoms with Crippen LogP contribution in [0, 0.1) is 12.7 Å². The van der Waals surface area contributed by atoms with E-state index in [2.05, 4.69) is 4.72 Å². The number of unbranched alkanes of at least 4 members (excludes halogenated alkanes) is 1. The van der Waals surface area contributed by atoms with Crippen LogP contribution >= 0.6 is 0 Å². The molecule has 3 N–H and O–H groups in total. The summed E-state index contributed by atoms with van der Waals surface area (Å²) in [6.07, 6.45) is 1.35. The fraction of sp³-hybridized carbons (Fsp3) is 0.500. The molecular formula is C12H19FN2O3S. The van der Waals surface area contributed by atoms with Gasteiger partial charge in [0.1, 0.15) is 10.7 Å². The highest BCUT2D eigenvalue weighted by Gasteiger charge is 2.19. The molecule has 7 heteroatoms. The van der Waals surface area contributed by atoms with Crippen LogP contribution in [0.25, 0.3) is 0 Å². The van der Waals surface area contributed by atoms with Crippen LogP contribution in [0.2, 0.25) is 0 Å². The van der Waals surface area contributed by atoms with Gasteiger partial charge in [0, 0.05) is 25.9 Å². The summed E-state index contributed by atoms with van der Waals surface area (Å²) in [7, 11) is -2.29. The summed E-state index contributed by atoms with van der Waals surface area (Å²) in [6.45, 7) is 2.42. The molecule has 108 valence electrons. The van der Waals surface area contributed by atoms with Crippen molar-refractivity contribution in [2.45, 2.75) is 24.7 Å². The highest BCUT2D eigenvalue weighted by Crippen LogP contribution is 2.21. The van der Waals surface area contributed by atoms with Crippen molar-refractivity contribution < 1.29 is 17.5 Å². The largest absolute Gasteiger partial charge is 0.398 e. The lowest BCUT2D eigenvalue weighted by atomic mass is 10.2. The number of halogens is 1. The molecule has 0 amide bonds. The number of anilines is 1. The monoisotopic (exact) mass is 290 g/mol. The van der Waals surface area contributed by atoms with Crippen LogP contribution in [0.5, 0.6) is 0 Å². The molecule has 0 aliphatic carbocycles. The molecule has 0 spiro atoms. The Morgan fingerprint density at radius 2 is 2.05 bits per heavy atom. The summed E-state index contributed by atoms with van der Waals surface area (Å²) >= 11 is 0. The van der Waals surface area contributed by atoms with Crippen molar-refractivity contribution in [2.75, 3.05) is 26.0 Å². The van der Waals surface area contributed by atoms with Crippen molar-refractivity contribution in [3.05, 3.63) is 23.5 Å². The number of sulfonamides is 1. The van der Waals surface area contributed by atoms with Crippen LogP contribution in [-0.4, -0.2) is 28.7 Å². The van der Waals surface area contributed by atoms with Gasteiger partial charge in [0.2, 0.25) is 10.0 Å². The third kappa shape index (κ3) is 4.45. The van der Waals surface area contributed by atoms with Crippen LogP contribution in [0.1, 0.15) is 18.4 Å². The van der Waals surface area contributed by atoms with E-state index in [9.17, 15) is 12.8 Å². The molecule has 0 radical (unpaired) electrons. The highest BCUT2D eigenvalue weighted by atomic mass is 32.2. The Hall–Kier alpha value is -1.18. The predicted octanol–water partition coefficient (Wildman–Crippen LogP) is 1.42. The number of methoxy groups -OCH3 is 1. The lowest BCUT2D eigenvalue weighted by Crippen LogP contribution is -2.26. The molecular weight excluding hydrogens is 271 g/mol. The predicted molar refractivity (Wildman–Crippen MR) is 71.8 cm³/mol. The molecule has 0 aromatic heterocycles. The normalized spacial score (nSPS) is 11.7. The molecule has 0 bridgehead atoms. The van der Waals surface area contributed by atoms with E-state index in [0.717, 1.165) is 18.6 Å². The van der Waals surface area contributed by atoms with Crippen LogP contribution in [0.3, 0.4) is 0 Å². The van der Waals surface area contributed by atoms with Crippen molar-refractivity contribution >= 4 is 15.7 Å². The standard InChI is InChI=1S/C12H19FN2O3S/c1-9-7-10(13)12(8-11(9)14)19(16,17)15-5-3-4-6-18-2/h7-8,15H,3-6,14H2,1-2H3. The van der Waals surface area contributed by atoms with E-state index in [1.807, 2.05) is 0 Å². The van der Waals surface area contributed by atoms with Gasteiger partial charge in [-0.2, -0.15) is 0 Å². The summed E-state index contributed by atoms with van der Waals surface area (Å²) in [4.78, 5) is -0.414. The number of nitrogen functional groups attached to an aromatic ring is 1. The lowest BCUT2D eigenvalue weighted by Gasteiger charge is -2.09. The quantitative estimate of drug-likeness (QED) is 0.588. The SMILES string of the molecule is COCCCCNS(=O)(=O)c1cc(N)c(C)cc1F. The maximum atomic E-state index is 13.7. The van der Waals surface area contributed by atoms with Crippen LogP contribution in [0.15, 0.2) is 17.0 Å². The maximum Gasteiger partial charge on any atom is 0.243 e. The maximum absolute atomic E-state index is 13.7. The number of hydrogen-bond donors (Lipinski definition) is 2. The zero-order valence-electron chi connectivity index (χ0n) is 11.1. The van der Waals surface area contributed by atoms with Gasteiger partial charge in [-0.15, -0.1) is 0 Å². The van der Waals surface area contributed by atoms with Crippen LogP contribution in [0.4, 0.5) is 10.1 Å². The van der Waals surface area contributed by atoms with Crippen molar-refractivity contribution in [3.63, 3.8) is 0 Å². The second-order valence-electron chi connectivity index (χ2n) is 4.24. The smallest absolute Gasteiger partial charge is 0.243 e. The summed E-state index contributed by atoms with van der Waals surface area (Å²) in [5.74, 6) is -0.795. The average Bonchev–Trinajstić information content (AvgIpc) is 2.33.